The lowest BCUT2D eigenvalue weighted by atomic mass is 10.0. The molecule has 2 aromatic carbocycles. The van der Waals surface area contributed by atoms with Crippen molar-refractivity contribution in [3.05, 3.63) is 60.2 Å². The summed E-state index contributed by atoms with van der Waals surface area (Å²) >= 11 is 0. The first-order valence-electron chi connectivity index (χ1n) is 5.13. The van der Waals surface area contributed by atoms with Crippen molar-refractivity contribution in [2.75, 3.05) is 0 Å². The quantitative estimate of drug-likeness (QED) is 0.482. The standard InChI is InChI=1S/C14H10N2O/c15-10-14(16-17)13-8-6-12(7-9-13)11-4-2-1-3-5-11/h1-9,17H. The van der Waals surface area contributed by atoms with Gasteiger partial charge in [0.15, 0.2) is 5.71 Å². The second-order valence-electron chi connectivity index (χ2n) is 3.50. The van der Waals surface area contributed by atoms with Gasteiger partial charge in [-0.15, -0.1) is 0 Å². The lowest BCUT2D eigenvalue weighted by molar-refractivity contribution is 0.320. The molecule has 0 amide bonds. The summed E-state index contributed by atoms with van der Waals surface area (Å²) in [4.78, 5) is 0. The van der Waals surface area contributed by atoms with Crippen LogP contribution in [-0.2, 0) is 0 Å². The fourth-order valence-corrected chi connectivity index (χ4v) is 1.60. The first kappa shape index (κ1) is 10.9. The van der Waals surface area contributed by atoms with E-state index in [4.69, 9.17) is 10.5 Å². The van der Waals surface area contributed by atoms with Crippen molar-refractivity contribution < 1.29 is 5.21 Å². The van der Waals surface area contributed by atoms with E-state index < -0.39 is 0 Å². The molecule has 0 radical (unpaired) electrons. The molecule has 0 unspecified atom stereocenters. The van der Waals surface area contributed by atoms with Gasteiger partial charge in [-0.3, -0.25) is 0 Å². The average Bonchev–Trinajstić information content (AvgIpc) is 2.42. The molecule has 3 nitrogen and oxygen atoms in total. The molecule has 2 rings (SSSR count). The molecule has 1 N–H and O–H groups in total. The molecule has 0 saturated heterocycles. The Kier molecular flexibility index (Phi) is 3.18. The van der Waals surface area contributed by atoms with Crippen LogP contribution in [0.1, 0.15) is 5.56 Å². The molecule has 3 heteroatoms. The van der Waals surface area contributed by atoms with E-state index in [0.29, 0.717) is 5.56 Å². The van der Waals surface area contributed by atoms with Crippen LogP contribution in [0.4, 0.5) is 0 Å². The Balaban J connectivity index is 2.35. The molecule has 0 aliphatic heterocycles. The predicted molar refractivity (Wildman–Crippen MR) is 65.8 cm³/mol. The molecular formula is C14H10N2O. The highest BCUT2D eigenvalue weighted by Gasteiger charge is 2.03. The predicted octanol–water partition coefficient (Wildman–Crippen LogP) is 3.06. The van der Waals surface area contributed by atoms with Gasteiger partial charge in [-0.2, -0.15) is 5.26 Å². The molecule has 0 saturated carbocycles. The SMILES string of the molecule is N#CC(=NO)c1ccc(-c2ccccc2)cc1. The van der Waals surface area contributed by atoms with Crippen LogP contribution in [0.3, 0.4) is 0 Å². The minimum atomic E-state index is 0.0182. The van der Waals surface area contributed by atoms with Crippen LogP contribution in [0.15, 0.2) is 59.8 Å². The maximum Gasteiger partial charge on any atom is 0.186 e. The van der Waals surface area contributed by atoms with E-state index in [1.54, 1.807) is 12.1 Å². The summed E-state index contributed by atoms with van der Waals surface area (Å²) in [5.74, 6) is 0. The highest BCUT2D eigenvalue weighted by molar-refractivity contribution is 6.11. The lowest BCUT2D eigenvalue weighted by Gasteiger charge is -2.02. The number of hydrogen-bond acceptors (Lipinski definition) is 3. The Morgan fingerprint density at radius 2 is 1.53 bits per heavy atom. The maximum atomic E-state index is 8.73. The lowest BCUT2D eigenvalue weighted by Crippen LogP contribution is -1.96. The molecule has 0 aliphatic rings. The monoisotopic (exact) mass is 222 g/mol. The van der Waals surface area contributed by atoms with Gasteiger partial charge < -0.3 is 5.21 Å². The van der Waals surface area contributed by atoms with Crippen molar-refractivity contribution in [2.45, 2.75) is 0 Å². The summed E-state index contributed by atoms with van der Waals surface area (Å²) in [6.07, 6.45) is 0. The molecule has 0 bridgehead atoms. The van der Waals surface area contributed by atoms with Crippen molar-refractivity contribution in [2.24, 2.45) is 5.16 Å². The molecule has 82 valence electrons. The van der Waals surface area contributed by atoms with Gasteiger partial charge in [-0.1, -0.05) is 59.8 Å². The van der Waals surface area contributed by atoms with Crippen LogP contribution in [0, 0.1) is 11.3 Å². The molecule has 0 aromatic heterocycles. The Morgan fingerprint density at radius 3 is 2.06 bits per heavy atom. The van der Waals surface area contributed by atoms with Crippen LogP contribution in [0.5, 0.6) is 0 Å². The van der Waals surface area contributed by atoms with Gasteiger partial charge in [0.1, 0.15) is 6.07 Å². The molecular weight excluding hydrogens is 212 g/mol. The first-order valence-corrected chi connectivity index (χ1v) is 5.13. The minimum absolute atomic E-state index is 0.0182. The minimum Gasteiger partial charge on any atom is -0.410 e. The van der Waals surface area contributed by atoms with E-state index >= 15 is 0 Å². The first-order chi connectivity index (χ1) is 8.35. The van der Waals surface area contributed by atoms with Gasteiger partial charge >= 0.3 is 0 Å². The molecule has 17 heavy (non-hydrogen) atoms. The van der Waals surface area contributed by atoms with Crippen molar-refractivity contribution in [1.29, 1.82) is 5.26 Å². The third-order valence-corrected chi connectivity index (χ3v) is 2.47. The largest absolute Gasteiger partial charge is 0.410 e. The highest BCUT2D eigenvalue weighted by Crippen LogP contribution is 2.19. The molecule has 0 atom stereocenters. The van der Waals surface area contributed by atoms with E-state index in [-0.39, 0.29) is 5.71 Å². The smallest absolute Gasteiger partial charge is 0.186 e. The zero-order valence-corrected chi connectivity index (χ0v) is 9.04. The summed E-state index contributed by atoms with van der Waals surface area (Å²) < 4.78 is 0. The van der Waals surface area contributed by atoms with E-state index in [1.165, 1.54) is 0 Å². The van der Waals surface area contributed by atoms with Gasteiger partial charge in [-0.25, -0.2) is 0 Å². The summed E-state index contributed by atoms with van der Waals surface area (Å²) in [5.41, 5.74) is 2.79. The third-order valence-electron chi connectivity index (χ3n) is 2.47. The van der Waals surface area contributed by atoms with Gasteiger partial charge in [0, 0.05) is 5.56 Å². The summed E-state index contributed by atoms with van der Waals surface area (Å²) in [6.45, 7) is 0. The number of nitrogens with zero attached hydrogens (tertiary/aromatic N) is 2. The van der Waals surface area contributed by atoms with Crippen LogP contribution >= 0.6 is 0 Å². The fraction of sp³-hybridized carbons (Fsp3) is 0. The Labute approximate surface area is 99.3 Å². The van der Waals surface area contributed by atoms with Crippen molar-refractivity contribution >= 4 is 5.71 Å². The molecule has 0 aliphatic carbocycles. The highest BCUT2D eigenvalue weighted by atomic mass is 16.4. The molecule has 2 aromatic rings. The van der Waals surface area contributed by atoms with Gasteiger partial charge in [0.25, 0.3) is 0 Å². The van der Waals surface area contributed by atoms with Gasteiger partial charge in [-0.05, 0) is 11.1 Å². The summed E-state index contributed by atoms with van der Waals surface area (Å²) in [6, 6.07) is 19.1. The van der Waals surface area contributed by atoms with E-state index in [1.807, 2.05) is 48.5 Å². The Morgan fingerprint density at radius 1 is 0.941 bits per heavy atom. The zero-order valence-electron chi connectivity index (χ0n) is 9.04. The number of benzene rings is 2. The fourth-order valence-electron chi connectivity index (χ4n) is 1.60. The van der Waals surface area contributed by atoms with Crippen molar-refractivity contribution in [3.8, 4) is 17.2 Å². The Hall–Kier alpha value is -2.60. The van der Waals surface area contributed by atoms with Crippen LogP contribution in [-0.4, -0.2) is 10.9 Å². The molecule has 0 heterocycles. The molecule has 0 spiro atoms. The summed E-state index contributed by atoms with van der Waals surface area (Å²) in [7, 11) is 0. The van der Waals surface area contributed by atoms with Crippen molar-refractivity contribution in [1.82, 2.24) is 0 Å². The van der Waals surface area contributed by atoms with Crippen molar-refractivity contribution in [3.63, 3.8) is 0 Å². The van der Waals surface area contributed by atoms with E-state index in [0.717, 1.165) is 11.1 Å². The topological polar surface area (TPSA) is 56.4 Å². The number of nitriles is 1. The Bertz CT molecular complexity index is 565. The zero-order chi connectivity index (χ0) is 12.1. The number of hydrogen-bond donors (Lipinski definition) is 1. The second kappa shape index (κ2) is 4.95. The number of rotatable bonds is 2. The van der Waals surface area contributed by atoms with Gasteiger partial charge in [0.2, 0.25) is 0 Å². The van der Waals surface area contributed by atoms with E-state index in [9.17, 15) is 0 Å². The van der Waals surface area contributed by atoms with Gasteiger partial charge in [0.05, 0.1) is 0 Å². The second-order valence-corrected chi connectivity index (χ2v) is 3.50. The third kappa shape index (κ3) is 2.32. The van der Waals surface area contributed by atoms with E-state index in [2.05, 4.69) is 5.16 Å². The summed E-state index contributed by atoms with van der Waals surface area (Å²) in [5, 5.41) is 20.3. The number of oxime groups is 1. The van der Waals surface area contributed by atoms with Crippen LogP contribution < -0.4 is 0 Å². The average molecular weight is 222 g/mol. The van der Waals surface area contributed by atoms with Crippen LogP contribution in [0.25, 0.3) is 11.1 Å². The maximum absolute atomic E-state index is 8.73. The normalized spacial score (nSPS) is 10.9. The van der Waals surface area contributed by atoms with Crippen LogP contribution in [0.2, 0.25) is 0 Å². The molecule has 0 fully saturated rings.